The van der Waals surface area contributed by atoms with Crippen molar-refractivity contribution in [3.05, 3.63) is 45.4 Å². The average Bonchev–Trinajstić information content (AvgIpc) is 2.70. The maximum absolute atomic E-state index is 14.1. The second kappa shape index (κ2) is 5.79. The maximum atomic E-state index is 14.1. The molecule has 102 valence electrons. The molecule has 1 unspecified atom stereocenters. The van der Waals surface area contributed by atoms with Crippen LogP contribution in [0, 0.1) is 12.7 Å². The van der Waals surface area contributed by atoms with Gasteiger partial charge in [0.15, 0.2) is 4.60 Å². The van der Waals surface area contributed by atoms with Crippen LogP contribution in [0.1, 0.15) is 29.8 Å². The second-order valence-corrected chi connectivity index (χ2v) is 5.16. The molecule has 2 aromatic rings. The summed E-state index contributed by atoms with van der Waals surface area (Å²) < 4.78 is 16.4. The highest BCUT2D eigenvalue weighted by molar-refractivity contribution is 9.10. The Morgan fingerprint density at radius 2 is 2.21 bits per heavy atom. The number of nitrogens with zero attached hydrogens (tertiary/aromatic N) is 3. The van der Waals surface area contributed by atoms with Crippen molar-refractivity contribution < 1.29 is 4.39 Å². The number of benzene rings is 1. The smallest absolute Gasteiger partial charge is 0.153 e. The van der Waals surface area contributed by atoms with Crippen molar-refractivity contribution in [2.45, 2.75) is 19.9 Å². The molecule has 6 heteroatoms. The summed E-state index contributed by atoms with van der Waals surface area (Å²) in [6.45, 7) is 4.65. The van der Waals surface area contributed by atoms with E-state index in [2.05, 4.69) is 31.6 Å². The van der Waals surface area contributed by atoms with Crippen molar-refractivity contribution in [1.29, 1.82) is 0 Å². The number of hydrogen-bond donors (Lipinski definition) is 1. The molecular weight excluding hydrogens is 311 g/mol. The van der Waals surface area contributed by atoms with E-state index >= 15 is 0 Å². The van der Waals surface area contributed by atoms with Gasteiger partial charge in [-0.25, -0.2) is 9.07 Å². The van der Waals surface area contributed by atoms with Gasteiger partial charge in [0.05, 0.1) is 11.7 Å². The van der Waals surface area contributed by atoms with Crippen LogP contribution in [-0.4, -0.2) is 21.5 Å². The standard InChI is InChI=1S/C13H16BrFN4/c1-4-16-11(12-13(14)17-18-19(12)3)9-7-8(2)5-6-10(9)15/h5-7,11,16H,4H2,1-3H3. The van der Waals surface area contributed by atoms with Crippen LogP contribution in [0.5, 0.6) is 0 Å². The monoisotopic (exact) mass is 326 g/mol. The average molecular weight is 327 g/mol. The summed E-state index contributed by atoms with van der Waals surface area (Å²) in [7, 11) is 1.80. The zero-order valence-corrected chi connectivity index (χ0v) is 12.7. The molecule has 0 bridgehead atoms. The van der Waals surface area contributed by atoms with Crippen LogP contribution in [0.3, 0.4) is 0 Å². The first kappa shape index (κ1) is 14.1. The lowest BCUT2D eigenvalue weighted by molar-refractivity contribution is 0.529. The summed E-state index contributed by atoms with van der Waals surface area (Å²) in [5, 5.41) is 11.2. The SMILES string of the molecule is CCNC(c1cc(C)ccc1F)c1c(Br)nnn1C. The minimum atomic E-state index is -0.278. The van der Waals surface area contributed by atoms with E-state index in [1.807, 2.05) is 19.9 Å². The molecule has 4 nitrogen and oxygen atoms in total. The molecule has 2 rings (SSSR count). The predicted octanol–water partition coefficient (Wildman–Crippen LogP) is 2.72. The molecule has 0 saturated carbocycles. The van der Waals surface area contributed by atoms with Crippen LogP contribution in [0.4, 0.5) is 4.39 Å². The molecule has 0 fully saturated rings. The Balaban J connectivity index is 2.54. The molecule has 1 aromatic heterocycles. The largest absolute Gasteiger partial charge is 0.305 e. The highest BCUT2D eigenvalue weighted by atomic mass is 79.9. The fraction of sp³-hybridized carbons (Fsp3) is 0.385. The predicted molar refractivity (Wildman–Crippen MR) is 75.4 cm³/mol. The van der Waals surface area contributed by atoms with Crippen molar-refractivity contribution in [1.82, 2.24) is 20.3 Å². The van der Waals surface area contributed by atoms with Crippen LogP contribution in [-0.2, 0) is 7.05 Å². The van der Waals surface area contributed by atoms with Crippen molar-refractivity contribution in [2.75, 3.05) is 6.54 Å². The van der Waals surface area contributed by atoms with Gasteiger partial charge in [0, 0.05) is 12.6 Å². The summed E-state index contributed by atoms with van der Waals surface area (Å²) in [4.78, 5) is 0. The van der Waals surface area contributed by atoms with Gasteiger partial charge >= 0.3 is 0 Å². The van der Waals surface area contributed by atoms with E-state index in [1.165, 1.54) is 6.07 Å². The number of halogens is 2. The number of nitrogens with one attached hydrogen (secondary N) is 1. The quantitative estimate of drug-likeness (QED) is 0.939. The van der Waals surface area contributed by atoms with Crippen LogP contribution < -0.4 is 5.32 Å². The van der Waals surface area contributed by atoms with Crippen molar-refractivity contribution in [2.24, 2.45) is 7.05 Å². The Morgan fingerprint density at radius 3 is 2.79 bits per heavy atom. The highest BCUT2D eigenvalue weighted by Crippen LogP contribution is 2.28. The van der Waals surface area contributed by atoms with Gasteiger partial charge in [-0.15, -0.1) is 5.10 Å². The van der Waals surface area contributed by atoms with E-state index in [1.54, 1.807) is 17.8 Å². The third-order valence-corrected chi connectivity index (χ3v) is 3.54. The molecule has 0 spiro atoms. The third-order valence-electron chi connectivity index (χ3n) is 2.97. The molecule has 1 heterocycles. The Morgan fingerprint density at radius 1 is 1.47 bits per heavy atom. The van der Waals surface area contributed by atoms with Crippen LogP contribution >= 0.6 is 15.9 Å². The lowest BCUT2D eigenvalue weighted by atomic mass is 10.0. The van der Waals surface area contributed by atoms with Crippen LogP contribution in [0.25, 0.3) is 0 Å². The summed E-state index contributed by atoms with van der Waals surface area (Å²) in [6, 6.07) is 4.83. The highest BCUT2D eigenvalue weighted by Gasteiger charge is 2.23. The van der Waals surface area contributed by atoms with Gasteiger partial charge in [0.25, 0.3) is 0 Å². The third kappa shape index (κ3) is 2.84. The fourth-order valence-corrected chi connectivity index (χ4v) is 2.64. The molecule has 0 aliphatic carbocycles. The molecule has 0 aliphatic rings. The molecule has 0 saturated heterocycles. The van der Waals surface area contributed by atoms with Crippen LogP contribution in [0.2, 0.25) is 0 Å². The number of aromatic nitrogens is 3. The van der Waals surface area contributed by atoms with Gasteiger partial charge in [0.2, 0.25) is 0 Å². The minimum Gasteiger partial charge on any atom is -0.305 e. The van der Waals surface area contributed by atoms with E-state index in [9.17, 15) is 4.39 Å². The van der Waals surface area contributed by atoms with Gasteiger partial charge in [-0.1, -0.05) is 29.8 Å². The van der Waals surface area contributed by atoms with Crippen molar-refractivity contribution >= 4 is 15.9 Å². The first-order chi connectivity index (χ1) is 9.04. The molecular formula is C13H16BrFN4. The Bertz CT molecular complexity index is 563. The van der Waals surface area contributed by atoms with Crippen molar-refractivity contribution in [3.63, 3.8) is 0 Å². The number of hydrogen-bond acceptors (Lipinski definition) is 3. The first-order valence-electron chi connectivity index (χ1n) is 6.09. The van der Waals surface area contributed by atoms with Gasteiger partial charge in [-0.05, 0) is 35.5 Å². The number of aryl methyl sites for hydroxylation is 2. The second-order valence-electron chi connectivity index (χ2n) is 4.40. The van der Waals surface area contributed by atoms with E-state index in [4.69, 9.17) is 0 Å². The Labute approximate surface area is 120 Å². The van der Waals surface area contributed by atoms with Gasteiger partial charge in [-0.3, -0.25) is 0 Å². The molecule has 0 aliphatic heterocycles. The van der Waals surface area contributed by atoms with Crippen molar-refractivity contribution in [3.8, 4) is 0 Å². The number of rotatable bonds is 4. The van der Waals surface area contributed by atoms with E-state index < -0.39 is 0 Å². The van der Waals surface area contributed by atoms with Crippen LogP contribution in [0.15, 0.2) is 22.8 Å². The van der Waals surface area contributed by atoms with E-state index in [0.717, 1.165) is 17.8 Å². The zero-order chi connectivity index (χ0) is 14.0. The maximum Gasteiger partial charge on any atom is 0.153 e. The van der Waals surface area contributed by atoms with Gasteiger partial charge in [-0.2, -0.15) is 0 Å². The molecule has 19 heavy (non-hydrogen) atoms. The fourth-order valence-electron chi connectivity index (χ4n) is 2.09. The molecule has 1 aromatic carbocycles. The Hall–Kier alpha value is -1.27. The lowest BCUT2D eigenvalue weighted by Crippen LogP contribution is -2.25. The topological polar surface area (TPSA) is 42.7 Å². The summed E-state index contributed by atoms with van der Waals surface area (Å²) in [6.07, 6.45) is 0. The van der Waals surface area contributed by atoms with E-state index in [-0.39, 0.29) is 11.9 Å². The summed E-state index contributed by atoms with van der Waals surface area (Å²) in [5.74, 6) is -0.232. The normalized spacial score (nSPS) is 12.7. The van der Waals surface area contributed by atoms with Gasteiger partial charge in [0.1, 0.15) is 5.82 Å². The summed E-state index contributed by atoms with van der Waals surface area (Å²) >= 11 is 3.37. The molecule has 0 radical (unpaired) electrons. The van der Waals surface area contributed by atoms with Gasteiger partial charge < -0.3 is 5.32 Å². The van der Waals surface area contributed by atoms with E-state index in [0.29, 0.717) is 10.2 Å². The summed E-state index contributed by atoms with van der Waals surface area (Å²) in [5.41, 5.74) is 2.44. The molecule has 0 amide bonds. The lowest BCUT2D eigenvalue weighted by Gasteiger charge is -2.19. The zero-order valence-electron chi connectivity index (χ0n) is 11.1. The minimum absolute atomic E-state index is 0.232. The first-order valence-corrected chi connectivity index (χ1v) is 6.88. The Kier molecular flexibility index (Phi) is 4.31. The molecule has 1 atom stereocenters. The molecule has 1 N–H and O–H groups in total.